The molecule has 3 heterocycles. The van der Waals surface area contributed by atoms with E-state index in [-0.39, 0.29) is 30.7 Å². The summed E-state index contributed by atoms with van der Waals surface area (Å²) in [5.74, 6) is 0.123. The number of methoxy groups -OCH3 is 1. The summed E-state index contributed by atoms with van der Waals surface area (Å²) < 4.78 is 19.8. The predicted octanol–water partition coefficient (Wildman–Crippen LogP) is 4.24. The van der Waals surface area contributed by atoms with Gasteiger partial charge in [-0.15, -0.1) is 0 Å². The lowest BCUT2D eigenvalue weighted by atomic mass is 9.86. The summed E-state index contributed by atoms with van der Waals surface area (Å²) in [5.41, 5.74) is 4.30. The molecule has 1 saturated heterocycles. The van der Waals surface area contributed by atoms with Crippen LogP contribution < -0.4 is 4.74 Å². The summed E-state index contributed by atoms with van der Waals surface area (Å²) in [6.45, 7) is 0.251. The molecule has 0 saturated carbocycles. The van der Waals surface area contributed by atoms with Crippen molar-refractivity contribution >= 4 is 22.7 Å². The average Bonchev–Trinajstić information content (AvgIpc) is 3.28. The van der Waals surface area contributed by atoms with Crippen molar-refractivity contribution in [3.05, 3.63) is 101 Å². The highest BCUT2D eigenvalue weighted by Crippen LogP contribution is 2.44. The highest BCUT2D eigenvalue weighted by atomic mass is 19.1. The highest BCUT2D eigenvalue weighted by molar-refractivity contribution is 5.97. The minimum atomic E-state index is -0.645. The minimum absolute atomic E-state index is 0.0367. The minimum Gasteiger partial charge on any atom is -0.496 e. The number of nitrogens with zero attached hydrogens (tertiary/aromatic N) is 2. The normalized spacial score (nSPS) is 19.4. The van der Waals surface area contributed by atoms with Crippen molar-refractivity contribution in [1.82, 2.24) is 14.8 Å². The number of benzene rings is 3. The Bertz CT molecular complexity index is 1480. The van der Waals surface area contributed by atoms with Gasteiger partial charge in [-0.1, -0.05) is 54.6 Å². The largest absolute Gasteiger partial charge is 0.496 e. The molecule has 1 N–H and O–H groups in total. The van der Waals surface area contributed by atoms with Crippen LogP contribution in [0, 0.1) is 5.82 Å². The third-order valence-corrected chi connectivity index (χ3v) is 7.38. The average molecular weight is 484 g/mol. The highest BCUT2D eigenvalue weighted by Gasteiger charge is 2.48. The third kappa shape index (κ3) is 3.54. The van der Waals surface area contributed by atoms with E-state index in [0.717, 1.165) is 27.7 Å². The van der Waals surface area contributed by atoms with Crippen molar-refractivity contribution in [2.24, 2.45) is 0 Å². The number of amides is 2. The Kier molecular flexibility index (Phi) is 5.48. The summed E-state index contributed by atoms with van der Waals surface area (Å²) in [5, 5.41) is 1.05. The summed E-state index contributed by atoms with van der Waals surface area (Å²) >= 11 is 0. The molecule has 6 nitrogen and oxygen atoms in total. The maximum Gasteiger partial charge on any atom is 0.246 e. The lowest BCUT2D eigenvalue weighted by Gasteiger charge is -2.47. The van der Waals surface area contributed by atoms with E-state index >= 15 is 0 Å². The SMILES string of the molecule is COc1ccccc1[C@H]1c2[nH]c3ccccc3c2C[C@H]2C(=O)N(CCc3ccccc3F)CC(=O)N12. The Morgan fingerprint density at radius 1 is 1.00 bits per heavy atom. The standard InChI is InChI=1S/C29H26FN3O3/c1-36-25-13-7-4-10-20(25)28-27-21(19-9-3-6-12-23(19)31-27)16-24-29(35)32(17-26(34)33(24)28)15-14-18-8-2-5-11-22(18)30/h2-13,24,28,31H,14-17H2,1H3/t24-,28-/m0/s1. The third-order valence-electron chi connectivity index (χ3n) is 7.38. The van der Waals surface area contributed by atoms with E-state index in [1.807, 2.05) is 48.5 Å². The van der Waals surface area contributed by atoms with E-state index in [9.17, 15) is 14.0 Å². The fraction of sp³-hybridized carbons (Fsp3) is 0.241. The lowest BCUT2D eigenvalue weighted by Crippen LogP contribution is -2.63. The van der Waals surface area contributed by atoms with Crippen LogP contribution >= 0.6 is 0 Å². The maximum absolute atomic E-state index is 14.2. The lowest BCUT2D eigenvalue weighted by molar-refractivity contribution is -0.158. The number of carbonyl (C=O) groups excluding carboxylic acids is 2. The Hall–Kier alpha value is -4.13. The summed E-state index contributed by atoms with van der Waals surface area (Å²) in [6, 6.07) is 21.1. The Labute approximate surface area is 208 Å². The molecule has 2 atom stereocenters. The second kappa shape index (κ2) is 8.82. The van der Waals surface area contributed by atoms with Crippen molar-refractivity contribution < 1.29 is 18.7 Å². The number of H-pyrrole nitrogens is 1. The number of ether oxygens (including phenoxy) is 1. The van der Waals surface area contributed by atoms with Gasteiger partial charge >= 0.3 is 0 Å². The number of aromatic nitrogens is 1. The van der Waals surface area contributed by atoms with E-state index < -0.39 is 12.1 Å². The van der Waals surface area contributed by atoms with Crippen LogP contribution in [0.2, 0.25) is 0 Å². The van der Waals surface area contributed by atoms with Gasteiger partial charge in [-0.25, -0.2) is 4.39 Å². The number of hydrogen-bond acceptors (Lipinski definition) is 3. The molecule has 2 aliphatic heterocycles. The van der Waals surface area contributed by atoms with Gasteiger partial charge in [0.15, 0.2) is 0 Å². The van der Waals surface area contributed by atoms with Crippen LogP contribution in [-0.2, 0) is 22.4 Å². The predicted molar refractivity (Wildman–Crippen MR) is 134 cm³/mol. The molecule has 36 heavy (non-hydrogen) atoms. The number of halogens is 1. The second-order valence-electron chi connectivity index (χ2n) is 9.33. The number of piperazine rings is 1. The Morgan fingerprint density at radius 2 is 1.75 bits per heavy atom. The summed E-state index contributed by atoms with van der Waals surface area (Å²) in [4.78, 5) is 34.3. The molecule has 182 valence electrons. The van der Waals surface area contributed by atoms with Crippen LogP contribution in [0.15, 0.2) is 72.8 Å². The quantitative estimate of drug-likeness (QED) is 0.462. The van der Waals surface area contributed by atoms with Crippen LogP contribution in [-0.4, -0.2) is 52.8 Å². The number of carbonyl (C=O) groups is 2. The molecular formula is C29H26FN3O3. The van der Waals surface area contributed by atoms with E-state index in [2.05, 4.69) is 4.98 Å². The van der Waals surface area contributed by atoms with Crippen molar-refractivity contribution in [1.29, 1.82) is 0 Å². The van der Waals surface area contributed by atoms with Crippen LogP contribution in [0.3, 0.4) is 0 Å². The van der Waals surface area contributed by atoms with Crippen molar-refractivity contribution in [3.63, 3.8) is 0 Å². The smallest absolute Gasteiger partial charge is 0.246 e. The fourth-order valence-corrected chi connectivity index (χ4v) is 5.69. The van der Waals surface area contributed by atoms with Gasteiger partial charge in [0.05, 0.1) is 13.7 Å². The number of para-hydroxylation sites is 2. The van der Waals surface area contributed by atoms with Gasteiger partial charge in [-0.05, 0) is 35.7 Å². The molecule has 2 aliphatic rings. The topological polar surface area (TPSA) is 65.6 Å². The van der Waals surface area contributed by atoms with Gasteiger partial charge in [-0.3, -0.25) is 9.59 Å². The molecule has 2 amide bonds. The zero-order chi connectivity index (χ0) is 24.8. The van der Waals surface area contributed by atoms with Crippen LogP contribution in [0.5, 0.6) is 5.75 Å². The molecule has 4 aromatic rings. The summed E-state index contributed by atoms with van der Waals surface area (Å²) in [6.07, 6.45) is 0.776. The number of fused-ring (bicyclic) bond motifs is 4. The van der Waals surface area contributed by atoms with Gasteiger partial charge in [-0.2, -0.15) is 0 Å². The van der Waals surface area contributed by atoms with E-state index in [4.69, 9.17) is 4.74 Å². The van der Waals surface area contributed by atoms with Gasteiger partial charge < -0.3 is 19.5 Å². The fourth-order valence-electron chi connectivity index (χ4n) is 5.69. The van der Waals surface area contributed by atoms with E-state index in [0.29, 0.717) is 24.2 Å². The monoisotopic (exact) mass is 483 g/mol. The van der Waals surface area contributed by atoms with Gasteiger partial charge in [0, 0.05) is 35.1 Å². The molecule has 7 heteroatoms. The number of hydrogen-bond donors (Lipinski definition) is 1. The van der Waals surface area contributed by atoms with E-state index in [1.54, 1.807) is 35.1 Å². The molecular weight excluding hydrogens is 457 g/mol. The summed E-state index contributed by atoms with van der Waals surface area (Å²) in [7, 11) is 1.61. The second-order valence-corrected chi connectivity index (χ2v) is 9.33. The first-order chi connectivity index (χ1) is 17.6. The van der Waals surface area contributed by atoms with Gasteiger partial charge in [0.2, 0.25) is 11.8 Å². The van der Waals surface area contributed by atoms with Crippen molar-refractivity contribution in [2.75, 3.05) is 20.2 Å². The first-order valence-corrected chi connectivity index (χ1v) is 12.1. The van der Waals surface area contributed by atoms with Crippen LogP contribution in [0.1, 0.15) is 28.4 Å². The number of aromatic amines is 1. The van der Waals surface area contributed by atoms with Gasteiger partial charge in [0.25, 0.3) is 0 Å². The van der Waals surface area contributed by atoms with Crippen LogP contribution in [0.4, 0.5) is 4.39 Å². The molecule has 0 radical (unpaired) electrons. The van der Waals surface area contributed by atoms with Gasteiger partial charge in [0.1, 0.15) is 23.7 Å². The van der Waals surface area contributed by atoms with E-state index in [1.165, 1.54) is 6.07 Å². The Balaban J connectivity index is 1.42. The molecule has 6 rings (SSSR count). The molecule has 3 aromatic carbocycles. The zero-order valence-corrected chi connectivity index (χ0v) is 19.9. The van der Waals surface area contributed by atoms with Crippen molar-refractivity contribution in [2.45, 2.75) is 24.9 Å². The van der Waals surface area contributed by atoms with Crippen molar-refractivity contribution in [3.8, 4) is 5.75 Å². The molecule has 0 spiro atoms. The molecule has 0 unspecified atom stereocenters. The molecule has 1 aromatic heterocycles. The maximum atomic E-state index is 14.2. The number of nitrogens with one attached hydrogen (secondary N) is 1. The molecule has 0 bridgehead atoms. The molecule has 1 fully saturated rings. The first kappa shape index (κ1) is 22.3. The zero-order valence-electron chi connectivity index (χ0n) is 19.9. The number of rotatable bonds is 5. The van der Waals surface area contributed by atoms with Crippen LogP contribution in [0.25, 0.3) is 10.9 Å². The first-order valence-electron chi connectivity index (χ1n) is 12.1. The Morgan fingerprint density at radius 3 is 2.58 bits per heavy atom. The molecule has 0 aliphatic carbocycles.